The predicted molar refractivity (Wildman–Crippen MR) is 118 cm³/mol. The van der Waals surface area contributed by atoms with Gasteiger partial charge in [-0.2, -0.15) is 0 Å². The maximum absolute atomic E-state index is 10.1. The van der Waals surface area contributed by atoms with Gasteiger partial charge < -0.3 is 5.11 Å². The zero-order valence-corrected chi connectivity index (χ0v) is 17.6. The fourth-order valence-electron chi connectivity index (χ4n) is 2.57. The van der Waals surface area contributed by atoms with Gasteiger partial charge in [0.05, 0.1) is 25.4 Å². The quantitative estimate of drug-likeness (QED) is 0.310. The van der Waals surface area contributed by atoms with Crippen molar-refractivity contribution in [3.05, 3.63) is 74.7 Å². The van der Waals surface area contributed by atoms with Gasteiger partial charge in [0.15, 0.2) is 0 Å². The maximum Gasteiger partial charge on any atom is 0.138 e. The average molecular weight is 478 g/mol. The highest BCUT2D eigenvalue weighted by Gasteiger charge is 2.11. The number of fused-ring (bicyclic) bond motifs is 1. The van der Waals surface area contributed by atoms with Crippen molar-refractivity contribution in [2.75, 3.05) is 0 Å². The molecule has 0 radical (unpaired) electrons. The highest BCUT2D eigenvalue weighted by atomic mass is 79.9. The van der Waals surface area contributed by atoms with Crippen LogP contribution in [0.15, 0.2) is 64.1 Å². The van der Waals surface area contributed by atoms with E-state index in [1.165, 1.54) is 0 Å². The first-order valence-electron chi connectivity index (χ1n) is 7.89. The zero-order chi connectivity index (χ0) is 19.0. The summed E-state index contributed by atoms with van der Waals surface area (Å²) in [4.78, 5) is 9.11. The number of benzene rings is 3. The molecule has 0 atom stereocenters. The topological polar surface area (TPSA) is 45.5 Å². The van der Waals surface area contributed by atoms with Crippen LogP contribution in [0.2, 0.25) is 10.0 Å². The third kappa shape index (κ3) is 3.87. The first kappa shape index (κ1) is 18.4. The number of halogens is 3. The van der Waals surface area contributed by atoms with Gasteiger partial charge in [0, 0.05) is 22.4 Å². The molecule has 0 bridgehead atoms. The Morgan fingerprint density at radius 1 is 1.07 bits per heavy atom. The molecule has 0 unspecified atom stereocenters. The summed E-state index contributed by atoms with van der Waals surface area (Å²) in [7, 11) is 0. The number of aliphatic imine (C=N–C) groups is 1. The molecule has 4 aromatic rings. The lowest BCUT2D eigenvalue weighted by Gasteiger charge is -2.04. The molecule has 0 saturated heterocycles. The minimum absolute atomic E-state index is 0.0866. The van der Waals surface area contributed by atoms with Crippen LogP contribution in [0, 0.1) is 0 Å². The van der Waals surface area contributed by atoms with E-state index in [2.05, 4.69) is 25.9 Å². The van der Waals surface area contributed by atoms with E-state index in [-0.39, 0.29) is 5.75 Å². The first-order valence-corrected chi connectivity index (χ1v) is 10.3. The van der Waals surface area contributed by atoms with Crippen LogP contribution >= 0.6 is 50.5 Å². The molecule has 134 valence electrons. The number of phenols is 1. The van der Waals surface area contributed by atoms with E-state index < -0.39 is 0 Å². The Morgan fingerprint density at radius 2 is 1.89 bits per heavy atom. The van der Waals surface area contributed by atoms with Gasteiger partial charge in [-0.15, -0.1) is 11.3 Å². The van der Waals surface area contributed by atoms with Gasteiger partial charge in [0.1, 0.15) is 10.8 Å². The smallest absolute Gasteiger partial charge is 0.138 e. The van der Waals surface area contributed by atoms with Crippen LogP contribution in [0.25, 0.3) is 20.8 Å². The third-order valence-corrected chi connectivity index (χ3v) is 6.11. The molecule has 0 spiro atoms. The van der Waals surface area contributed by atoms with Crippen LogP contribution in [0.4, 0.5) is 5.69 Å². The fraction of sp³-hybridized carbons (Fsp3) is 0. The minimum Gasteiger partial charge on any atom is -0.506 e. The molecule has 3 nitrogen and oxygen atoms in total. The van der Waals surface area contributed by atoms with Crippen molar-refractivity contribution in [3.63, 3.8) is 0 Å². The number of hydrogen-bond donors (Lipinski definition) is 1. The Balaban J connectivity index is 1.72. The van der Waals surface area contributed by atoms with Gasteiger partial charge in [-0.1, -0.05) is 35.3 Å². The van der Waals surface area contributed by atoms with E-state index >= 15 is 0 Å². The maximum atomic E-state index is 10.1. The number of thiazole rings is 1. The molecule has 4 rings (SSSR count). The van der Waals surface area contributed by atoms with Crippen molar-refractivity contribution in [1.82, 2.24) is 4.98 Å². The molecule has 0 amide bonds. The standard InChI is InChI=1S/C20H11BrCl2N2OS/c21-15-8-12(22)7-11(19(15)26)10-24-13-5-6-16(23)14(9-13)20-25-17-3-1-2-4-18(17)27-20/h1-10,26H. The summed E-state index contributed by atoms with van der Waals surface area (Å²) in [5.74, 6) is 0.0866. The minimum atomic E-state index is 0.0866. The number of hydrogen-bond acceptors (Lipinski definition) is 4. The van der Waals surface area contributed by atoms with Gasteiger partial charge >= 0.3 is 0 Å². The lowest BCUT2D eigenvalue weighted by Crippen LogP contribution is -1.84. The Bertz CT molecular complexity index is 1160. The molecule has 1 heterocycles. The van der Waals surface area contributed by atoms with Crippen LogP contribution in [-0.2, 0) is 0 Å². The summed E-state index contributed by atoms with van der Waals surface area (Å²) in [6, 6.07) is 16.7. The van der Waals surface area contributed by atoms with Gasteiger partial charge in [0.25, 0.3) is 0 Å². The Kier molecular flexibility index (Phi) is 5.19. The lowest BCUT2D eigenvalue weighted by molar-refractivity contribution is 0.471. The summed E-state index contributed by atoms with van der Waals surface area (Å²) in [5.41, 5.74) is 2.98. The summed E-state index contributed by atoms with van der Waals surface area (Å²) in [5, 5.41) is 12.1. The molecule has 0 fully saturated rings. The highest BCUT2D eigenvalue weighted by Crippen LogP contribution is 2.37. The van der Waals surface area contributed by atoms with E-state index in [0.717, 1.165) is 20.8 Å². The van der Waals surface area contributed by atoms with Crippen molar-refractivity contribution in [2.45, 2.75) is 0 Å². The van der Waals surface area contributed by atoms with E-state index in [1.54, 1.807) is 35.8 Å². The molecule has 0 aliphatic rings. The summed E-state index contributed by atoms with van der Waals surface area (Å²) >= 11 is 17.3. The summed E-state index contributed by atoms with van der Waals surface area (Å²) in [6.45, 7) is 0. The van der Waals surface area contributed by atoms with E-state index in [1.807, 2.05) is 36.4 Å². The number of aromatic hydroxyl groups is 1. The second-order valence-electron chi connectivity index (χ2n) is 5.73. The highest BCUT2D eigenvalue weighted by molar-refractivity contribution is 9.10. The van der Waals surface area contributed by atoms with Crippen molar-refractivity contribution >= 4 is 72.6 Å². The Labute approximate surface area is 178 Å². The van der Waals surface area contributed by atoms with Crippen LogP contribution in [0.3, 0.4) is 0 Å². The molecule has 0 saturated carbocycles. The summed E-state index contributed by atoms with van der Waals surface area (Å²) in [6.07, 6.45) is 1.57. The number of rotatable bonds is 3. The SMILES string of the molecule is Oc1c(Br)cc(Cl)cc1C=Nc1ccc(Cl)c(-c2nc3ccccc3s2)c1. The van der Waals surface area contributed by atoms with Crippen LogP contribution < -0.4 is 0 Å². The van der Waals surface area contributed by atoms with E-state index in [0.29, 0.717) is 25.8 Å². The van der Waals surface area contributed by atoms with Crippen molar-refractivity contribution < 1.29 is 5.11 Å². The van der Waals surface area contributed by atoms with Gasteiger partial charge in [-0.05, 0) is 58.4 Å². The van der Waals surface area contributed by atoms with Crippen LogP contribution in [-0.4, -0.2) is 16.3 Å². The Morgan fingerprint density at radius 3 is 2.70 bits per heavy atom. The second-order valence-corrected chi connectivity index (χ2v) is 8.46. The molecule has 1 N–H and O–H groups in total. The Hall–Kier alpha value is -1.92. The molecule has 27 heavy (non-hydrogen) atoms. The number of nitrogens with zero attached hydrogens (tertiary/aromatic N) is 2. The molecule has 3 aromatic carbocycles. The number of phenolic OH excluding ortho intramolecular Hbond substituents is 1. The predicted octanol–water partition coefficient (Wildman–Crippen LogP) is 7.49. The van der Waals surface area contributed by atoms with Crippen LogP contribution in [0.1, 0.15) is 5.56 Å². The third-order valence-electron chi connectivity index (χ3n) is 3.88. The molecule has 1 aromatic heterocycles. The van der Waals surface area contributed by atoms with Crippen molar-refractivity contribution in [2.24, 2.45) is 4.99 Å². The largest absolute Gasteiger partial charge is 0.506 e. The molecular weight excluding hydrogens is 467 g/mol. The lowest BCUT2D eigenvalue weighted by atomic mass is 10.2. The molecular formula is C20H11BrCl2N2OS. The first-order chi connectivity index (χ1) is 13.0. The molecule has 0 aliphatic heterocycles. The van der Waals surface area contributed by atoms with E-state index in [9.17, 15) is 5.11 Å². The monoisotopic (exact) mass is 476 g/mol. The molecule has 7 heteroatoms. The van der Waals surface area contributed by atoms with Gasteiger partial charge in [-0.3, -0.25) is 4.99 Å². The number of para-hydroxylation sites is 1. The normalized spacial score (nSPS) is 11.5. The fourth-order valence-corrected chi connectivity index (χ4v) is 4.67. The number of aromatic nitrogens is 1. The zero-order valence-electron chi connectivity index (χ0n) is 13.7. The second kappa shape index (κ2) is 7.60. The molecule has 0 aliphatic carbocycles. The van der Waals surface area contributed by atoms with Crippen LogP contribution in [0.5, 0.6) is 5.75 Å². The van der Waals surface area contributed by atoms with Crippen molar-refractivity contribution in [3.8, 4) is 16.3 Å². The average Bonchev–Trinajstić information content (AvgIpc) is 3.08. The van der Waals surface area contributed by atoms with Gasteiger partial charge in [-0.25, -0.2) is 4.98 Å². The van der Waals surface area contributed by atoms with E-state index in [4.69, 9.17) is 23.2 Å². The summed E-state index contributed by atoms with van der Waals surface area (Å²) < 4.78 is 1.62. The van der Waals surface area contributed by atoms with Crippen molar-refractivity contribution in [1.29, 1.82) is 0 Å². The van der Waals surface area contributed by atoms with Gasteiger partial charge in [0.2, 0.25) is 0 Å².